The molecule has 0 saturated carbocycles. The summed E-state index contributed by atoms with van der Waals surface area (Å²) in [5, 5.41) is 19.1. The van der Waals surface area contributed by atoms with Crippen molar-refractivity contribution < 1.29 is 5.11 Å². The van der Waals surface area contributed by atoms with Crippen molar-refractivity contribution in [3.8, 4) is 0 Å². The number of hydrogen-bond donors (Lipinski definition) is 3. The van der Waals surface area contributed by atoms with Gasteiger partial charge in [-0.2, -0.15) is 5.10 Å². The van der Waals surface area contributed by atoms with Gasteiger partial charge in [-0.25, -0.2) is 10.1 Å². The summed E-state index contributed by atoms with van der Waals surface area (Å²) in [6.07, 6.45) is 0. The first-order chi connectivity index (χ1) is 7.67. The zero-order valence-corrected chi connectivity index (χ0v) is 10.00. The van der Waals surface area contributed by atoms with Gasteiger partial charge in [-0.1, -0.05) is 0 Å². The first-order valence-electron chi connectivity index (χ1n) is 4.53. The van der Waals surface area contributed by atoms with Crippen LogP contribution in [-0.4, -0.2) is 27.3 Å². The average Bonchev–Trinajstić information content (AvgIpc) is 2.28. The summed E-state index contributed by atoms with van der Waals surface area (Å²) >= 11 is 3.24. The summed E-state index contributed by atoms with van der Waals surface area (Å²) in [6, 6.07) is 1.66. The molecule has 2 aromatic heterocycles. The number of H-pyrrole nitrogens is 1. The van der Waals surface area contributed by atoms with E-state index in [1.807, 2.05) is 0 Å². The van der Waals surface area contributed by atoms with Crippen LogP contribution in [0.15, 0.2) is 15.5 Å². The van der Waals surface area contributed by atoms with Crippen LogP contribution in [0.25, 0.3) is 10.8 Å². The Kier molecular flexibility index (Phi) is 2.88. The number of hydrogen-bond acceptors (Lipinski definition) is 5. The van der Waals surface area contributed by atoms with Crippen molar-refractivity contribution in [3.63, 3.8) is 0 Å². The first-order valence-corrected chi connectivity index (χ1v) is 5.33. The number of nitrogens with one attached hydrogen (secondary N) is 2. The second-order valence-corrected chi connectivity index (χ2v) is 3.94. The zero-order chi connectivity index (χ0) is 11.7. The monoisotopic (exact) mass is 284 g/mol. The van der Waals surface area contributed by atoms with Gasteiger partial charge in [0, 0.05) is 12.4 Å². The van der Waals surface area contributed by atoms with E-state index in [1.54, 1.807) is 13.1 Å². The third-order valence-corrected chi connectivity index (χ3v) is 2.61. The molecule has 0 unspecified atom stereocenters. The largest absolute Gasteiger partial charge is 0.390 e. The molecule has 3 N–H and O–H groups in total. The molecule has 0 bridgehead atoms. The van der Waals surface area contributed by atoms with Gasteiger partial charge in [0.15, 0.2) is 0 Å². The Labute approximate surface area is 98.8 Å². The Morgan fingerprint density at radius 1 is 1.62 bits per heavy atom. The van der Waals surface area contributed by atoms with E-state index in [4.69, 9.17) is 5.11 Å². The van der Waals surface area contributed by atoms with Crippen LogP contribution in [-0.2, 0) is 6.61 Å². The lowest BCUT2D eigenvalue weighted by atomic mass is 10.2. The molecule has 0 aliphatic rings. The maximum absolute atomic E-state index is 11.6. The van der Waals surface area contributed by atoms with Crippen molar-refractivity contribution in [3.05, 3.63) is 26.7 Å². The second kappa shape index (κ2) is 4.18. The molecule has 0 aromatic carbocycles. The number of nitrogens with zero attached hydrogens (tertiary/aromatic N) is 2. The Bertz CT molecular complexity index is 596. The average molecular weight is 285 g/mol. The number of aliphatic hydroxyl groups excluding tert-OH is 1. The molecule has 2 rings (SSSR count). The Hall–Kier alpha value is -1.47. The number of halogens is 1. The molecule has 0 aliphatic heterocycles. The van der Waals surface area contributed by atoms with Crippen LogP contribution in [0.5, 0.6) is 0 Å². The summed E-state index contributed by atoms with van der Waals surface area (Å²) in [5.41, 5.74) is 0.0748. The van der Waals surface area contributed by atoms with Crippen LogP contribution >= 0.6 is 15.9 Å². The lowest BCUT2D eigenvalue weighted by Gasteiger charge is -2.07. The van der Waals surface area contributed by atoms with Crippen LogP contribution in [0, 0.1) is 0 Å². The van der Waals surface area contributed by atoms with Crippen molar-refractivity contribution in [1.29, 1.82) is 0 Å². The van der Waals surface area contributed by atoms with Crippen molar-refractivity contribution >= 4 is 32.5 Å². The van der Waals surface area contributed by atoms with E-state index in [2.05, 4.69) is 36.4 Å². The SMILES string of the molecule is CNc1nc(Br)cc2c(CO)n[nH]c(=O)c12. The number of aliphatic hydroxyl groups is 1. The van der Waals surface area contributed by atoms with E-state index in [0.29, 0.717) is 26.9 Å². The van der Waals surface area contributed by atoms with Crippen LogP contribution in [0.4, 0.5) is 5.82 Å². The Morgan fingerprint density at radius 3 is 3.00 bits per heavy atom. The van der Waals surface area contributed by atoms with E-state index in [0.717, 1.165) is 0 Å². The lowest BCUT2D eigenvalue weighted by Crippen LogP contribution is -2.13. The molecule has 2 aromatic rings. The van der Waals surface area contributed by atoms with Gasteiger partial charge in [-0.15, -0.1) is 0 Å². The maximum Gasteiger partial charge on any atom is 0.275 e. The molecule has 0 saturated heterocycles. The maximum atomic E-state index is 11.6. The molecule has 84 valence electrons. The van der Waals surface area contributed by atoms with E-state index in [1.165, 1.54) is 0 Å². The fourth-order valence-electron chi connectivity index (χ4n) is 1.51. The van der Waals surface area contributed by atoms with Crippen molar-refractivity contribution in [1.82, 2.24) is 15.2 Å². The fraction of sp³-hybridized carbons (Fsp3) is 0.222. The summed E-state index contributed by atoms with van der Waals surface area (Å²) in [4.78, 5) is 15.8. The second-order valence-electron chi connectivity index (χ2n) is 3.12. The van der Waals surface area contributed by atoms with E-state index in [9.17, 15) is 4.79 Å². The summed E-state index contributed by atoms with van der Waals surface area (Å²) < 4.78 is 0.575. The summed E-state index contributed by atoms with van der Waals surface area (Å²) in [6.45, 7) is -0.243. The Morgan fingerprint density at radius 2 is 2.38 bits per heavy atom. The van der Waals surface area contributed by atoms with Crippen LogP contribution in [0.3, 0.4) is 0 Å². The fourth-order valence-corrected chi connectivity index (χ4v) is 1.91. The predicted molar refractivity (Wildman–Crippen MR) is 63.3 cm³/mol. The highest BCUT2D eigenvalue weighted by Gasteiger charge is 2.11. The van der Waals surface area contributed by atoms with Gasteiger partial charge in [-0.3, -0.25) is 4.79 Å². The molecule has 0 spiro atoms. The molecule has 2 heterocycles. The van der Waals surface area contributed by atoms with Crippen molar-refractivity contribution in [2.24, 2.45) is 0 Å². The molecule has 0 atom stereocenters. The highest BCUT2D eigenvalue weighted by Crippen LogP contribution is 2.23. The standard InChI is InChI=1S/C9H9BrN4O2/c1-11-8-7-4(2-6(10)12-8)5(3-15)13-14-9(7)16/h2,15H,3H2,1H3,(H,11,12)(H,14,16). The molecule has 16 heavy (non-hydrogen) atoms. The third-order valence-electron chi connectivity index (χ3n) is 2.21. The summed E-state index contributed by atoms with van der Waals surface area (Å²) in [7, 11) is 1.67. The highest BCUT2D eigenvalue weighted by atomic mass is 79.9. The normalized spacial score (nSPS) is 10.7. The molecule has 7 heteroatoms. The number of anilines is 1. The zero-order valence-electron chi connectivity index (χ0n) is 8.41. The number of aromatic amines is 1. The van der Waals surface area contributed by atoms with Gasteiger partial charge >= 0.3 is 0 Å². The highest BCUT2D eigenvalue weighted by molar-refractivity contribution is 9.10. The minimum atomic E-state index is -0.337. The topological polar surface area (TPSA) is 90.9 Å². The van der Waals surface area contributed by atoms with E-state index in [-0.39, 0.29) is 12.2 Å². The van der Waals surface area contributed by atoms with Gasteiger partial charge in [0.05, 0.1) is 17.7 Å². The molecule has 0 radical (unpaired) electrons. The first kappa shape index (κ1) is 11.0. The minimum absolute atomic E-state index is 0.243. The number of fused-ring (bicyclic) bond motifs is 1. The molecular weight excluding hydrogens is 276 g/mol. The number of aromatic nitrogens is 3. The van der Waals surface area contributed by atoms with E-state index >= 15 is 0 Å². The smallest absolute Gasteiger partial charge is 0.275 e. The quantitative estimate of drug-likeness (QED) is 0.703. The van der Waals surface area contributed by atoms with Gasteiger partial charge < -0.3 is 10.4 Å². The van der Waals surface area contributed by atoms with Crippen molar-refractivity contribution in [2.45, 2.75) is 6.61 Å². The lowest BCUT2D eigenvalue weighted by molar-refractivity contribution is 0.277. The van der Waals surface area contributed by atoms with Gasteiger partial charge in [-0.05, 0) is 22.0 Å². The predicted octanol–water partition coefficient (Wildman–Crippen LogP) is 0.615. The Balaban J connectivity index is 2.96. The molecule has 0 aliphatic carbocycles. The van der Waals surface area contributed by atoms with Crippen LogP contribution in [0.2, 0.25) is 0 Å². The van der Waals surface area contributed by atoms with Gasteiger partial charge in [0.25, 0.3) is 5.56 Å². The van der Waals surface area contributed by atoms with Crippen molar-refractivity contribution in [2.75, 3.05) is 12.4 Å². The van der Waals surface area contributed by atoms with E-state index < -0.39 is 0 Å². The minimum Gasteiger partial charge on any atom is -0.390 e. The van der Waals surface area contributed by atoms with Gasteiger partial charge in [0.2, 0.25) is 0 Å². The number of pyridine rings is 1. The molecular formula is C9H9BrN4O2. The third kappa shape index (κ3) is 1.68. The number of rotatable bonds is 2. The van der Waals surface area contributed by atoms with Crippen LogP contribution < -0.4 is 10.9 Å². The summed E-state index contributed by atoms with van der Waals surface area (Å²) in [5.74, 6) is 0.447. The van der Waals surface area contributed by atoms with Gasteiger partial charge in [0.1, 0.15) is 10.4 Å². The van der Waals surface area contributed by atoms with Crippen LogP contribution in [0.1, 0.15) is 5.69 Å². The molecule has 6 nitrogen and oxygen atoms in total. The molecule has 0 fully saturated rings. The molecule has 0 amide bonds.